The van der Waals surface area contributed by atoms with E-state index >= 15 is 0 Å². The van der Waals surface area contributed by atoms with Crippen LogP contribution in [0.25, 0.3) is 0 Å². The summed E-state index contributed by atoms with van der Waals surface area (Å²) in [5.74, 6) is 0.650. The summed E-state index contributed by atoms with van der Waals surface area (Å²) in [7, 11) is 0. The maximum atomic E-state index is 4.55. The van der Waals surface area contributed by atoms with Gasteiger partial charge in [-0.05, 0) is 31.7 Å². The quantitative estimate of drug-likeness (QED) is 0.727. The van der Waals surface area contributed by atoms with Crippen molar-refractivity contribution in [3.63, 3.8) is 0 Å². The largest absolute Gasteiger partial charge is 0.270 e. The Bertz CT molecular complexity index is 293. The zero-order valence-electron chi connectivity index (χ0n) is 9.34. The highest BCUT2D eigenvalue weighted by molar-refractivity contribution is 9.09. The molecule has 1 aromatic heterocycles. The molecule has 0 saturated carbocycles. The van der Waals surface area contributed by atoms with E-state index in [4.69, 9.17) is 0 Å². The Hall–Kier alpha value is 0.170. The van der Waals surface area contributed by atoms with Gasteiger partial charge in [0.2, 0.25) is 0 Å². The fourth-order valence-electron chi connectivity index (χ4n) is 1.57. The molecule has 0 fully saturated rings. The average Bonchev–Trinajstić information content (AvgIpc) is 2.68. The number of hydrogen-bond donors (Lipinski definition) is 0. The third-order valence-electron chi connectivity index (χ3n) is 2.51. The van der Waals surface area contributed by atoms with E-state index in [2.05, 4.69) is 61.6 Å². The smallest absolute Gasteiger partial charge is 0.0624 e. The highest BCUT2D eigenvalue weighted by Gasteiger charge is 2.11. The minimum atomic E-state index is 0.650. The van der Waals surface area contributed by atoms with Gasteiger partial charge in [-0.25, -0.2) is 0 Å². The molecule has 1 heterocycles. The zero-order chi connectivity index (χ0) is 11.3. The van der Waals surface area contributed by atoms with E-state index in [-0.39, 0.29) is 0 Å². The Morgan fingerprint density at radius 2 is 2.00 bits per heavy atom. The van der Waals surface area contributed by atoms with Crippen LogP contribution in [0.1, 0.15) is 25.2 Å². The SMILES string of the molecule is CCc1cc(CC(CBr)CBr)n(CC)n1. The molecule has 0 bridgehead atoms. The van der Waals surface area contributed by atoms with E-state index in [0.29, 0.717) is 5.92 Å². The summed E-state index contributed by atoms with van der Waals surface area (Å²) in [5.41, 5.74) is 2.56. The summed E-state index contributed by atoms with van der Waals surface area (Å²) in [6.07, 6.45) is 2.12. The Kier molecular flexibility index (Phi) is 5.90. The number of halogens is 2. The van der Waals surface area contributed by atoms with Gasteiger partial charge in [0.25, 0.3) is 0 Å². The molecule has 0 aliphatic rings. The van der Waals surface area contributed by atoms with Gasteiger partial charge in [0.1, 0.15) is 0 Å². The molecule has 0 aliphatic carbocycles. The third kappa shape index (κ3) is 3.59. The van der Waals surface area contributed by atoms with Crippen molar-refractivity contribution in [3.05, 3.63) is 17.5 Å². The van der Waals surface area contributed by atoms with Crippen molar-refractivity contribution in [3.8, 4) is 0 Å². The molecule has 0 N–H and O–H groups in total. The van der Waals surface area contributed by atoms with Crippen LogP contribution < -0.4 is 0 Å². The van der Waals surface area contributed by atoms with E-state index in [1.54, 1.807) is 0 Å². The summed E-state index contributed by atoms with van der Waals surface area (Å²) < 4.78 is 2.12. The van der Waals surface area contributed by atoms with Crippen molar-refractivity contribution in [2.75, 3.05) is 10.7 Å². The van der Waals surface area contributed by atoms with Crippen LogP contribution in [0.15, 0.2) is 6.07 Å². The first-order valence-corrected chi connectivity index (χ1v) is 7.66. The molecule has 0 aliphatic heterocycles. The van der Waals surface area contributed by atoms with Crippen LogP contribution in [0.5, 0.6) is 0 Å². The van der Waals surface area contributed by atoms with Crippen molar-refractivity contribution in [1.82, 2.24) is 9.78 Å². The lowest BCUT2D eigenvalue weighted by Crippen LogP contribution is -2.12. The van der Waals surface area contributed by atoms with E-state index in [0.717, 1.165) is 30.0 Å². The van der Waals surface area contributed by atoms with E-state index in [1.165, 1.54) is 11.4 Å². The summed E-state index contributed by atoms with van der Waals surface area (Å²) >= 11 is 7.09. The molecule has 0 amide bonds. The lowest BCUT2D eigenvalue weighted by molar-refractivity contribution is 0.571. The van der Waals surface area contributed by atoms with Crippen molar-refractivity contribution in [2.45, 2.75) is 33.2 Å². The van der Waals surface area contributed by atoms with Gasteiger partial charge in [-0.2, -0.15) is 5.10 Å². The van der Waals surface area contributed by atoms with E-state index < -0.39 is 0 Å². The topological polar surface area (TPSA) is 17.8 Å². The number of hydrogen-bond acceptors (Lipinski definition) is 1. The highest BCUT2D eigenvalue weighted by atomic mass is 79.9. The van der Waals surface area contributed by atoms with Gasteiger partial charge in [0, 0.05) is 22.9 Å². The first kappa shape index (κ1) is 13.2. The molecule has 1 rings (SSSR count). The van der Waals surface area contributed by atoms with Gasteiger partial charge >= 0.3 is 0 Å². The van der Waals surface area contributed by atoms with Gasteiger partial charge in [0.05, 0.1) is 5.69 Å². The molecule has 0 atom stereocenters. The molecule has 86 valence electrons. The summed E-state index contributed by atoms with van der Waals surface area (Å²) in [6, 6.07) is 2.24. The Balaban J connectivity index is 2.77. The first-order valence-electron chi connectivity index (χ1n) is 5.42. The second-order valence-electron chi connectivity index (χ2n) is 3.68. The predicted molar refractivity (Wildman–Crippen MR) is 72.1 cm³/mol. The van der Waals surface area contributed by atoms with Crippen LogP contribution in [0.2, 0.25) is 0 Å². The van der Waals surface area contributed by atoms with E-state index in [9.17, 15) is 0 Å². The molecule has 0 unspecified atom stereocenters. The maximum absolute atomic E-state index is 4.55. The average molecular weight is 338 g/mol. The summed E-state index contributed by atoms with van der Waals surface area (Å²) in [4.78, 5) is 0. The molecule has 1 aromatic rings. The van der Waals surface area contributed by atoms with Gasteiger partial charge < -0.3 is 0 Å². The minimum absolute atomic E-state index is 0.650. The lowest BCUT2D eigenvalue weighted by atomic mass is 10.1. The van der Waals surface area contributed by atoms with Crippen LogP contribution in [-0.4, -0.2) is 20.4 Å². The molecule has 4 heteroatoms. The molecule has 0 aromatic carbocycles. The summed E-state index contributed by atoms with van der Waals surface area (Å²) in [6.45, 7) is 5.26. The van der Waals surface area contributed by atoms with Crippen molar-refractivity contribution >= 4 is 31.9 Å². The van der Waals surface area contributed by atoms with Gasteiger partial charge in [-0.15, -0.1) is 0 Å². The molecule has 0 saturated heterocycles. The second-order valence-corrected chi connectivity index (χ2v) is 4.97. The molecular weight excluding hydrogens is 320 g/mol. The van der Waals surface area contributed by atoms with Crippen molar-refractivity contribution in [2.24, 2.45) is 5.92 Å². The third-order valence-corrected chi connectivity index (χ3v) is 4.34. The molecule has 2 nitrogen and oxygen atoms in total. The van der Waals surface area contributed by atoms with Gasteiger partial charge in [-0.1, -0.05) is 38.8 Å². The number of rotatable bonds is 6. The van der Waals surface area contributed by atoms with Gasteiger partial charge in [-0.3, -0.25) is 4.68 Å². The number of aryl methyl sites for hydroxylation is 2. The normalized spacial score (nSPS) is 11.3. The van der Waals surface area contributed by atoms with Crippen LogP contribution in [0, 0.1) is 5.92 Å². The lowest BCUT2D eigenvalue weighted by Gasteiger charge is -2.11. The second kappa shape index (κ2) is 6.69. The maximum Gasteiger partial charge on any atom is 0.0624 e. The fraction of sp³-hybridized carbons (Fsp3) is 0.727. The van der Waals surface area contributed by atoms with Crippen LogP contribution in [-0.2, 0) is 19.4 Å². The van der Waals surface area contributed by atoms with Gasteiger partial charge in [0.15, 0.2) is 0 Å². The molecule has 0 radical (unpaired) electrons. The van der Waals surface area contributed by atoms with Crippen molar-refractivity contribution < 1.29 is 0 Å². The fourth-order valence-corrected chi connectivity index (χ4v) is 3.10. The number of alkyl halides is 2. The first-order chi connectivity index (χ1) is 7.24. The molecule has 0 spiro atoms. The Labute approximate surface area is 109 Å². The predicted octanol–water partition coefficient (Wildman–Crippen LogP) is 3.41. The zero-order valence-corrected chi connectivity index (χ0v) is 12.5. The van der Waals surface area contributed by atoms with Crippen LogP contribution >= 0.6 is 31.9 Å². The van der Waals surface area contributed by atoms with Crippen LogP contribution in [0.3, 0.4) is 0 Å². The van der Waals surface area contributed by atoms with Crippen molar-refractivity contribution in [1.29, 1.82) is 0 Å². The Morgan fingerprint density at radius 1 is 1.33 bits per heavy atom. The minimum Gasteiger partial charge on any atom is -0.270 e. The summed E-state index contributed by atoms with van der Waals surface area (Å²) in [5, 5.41) is 6.63. The molecule has 15 heavy (non-hydrogen) atoms. The van der Waals surface area contributed by atoms with Crippen LogP contribution in [0.4, 0.5) is 0 Å². The monoisotopic (exact) mass is 336 g/mol. The standard InChI is InChI=1S/C11H18Br2N2/c1-3-10-6-11(15(4-2)14-10)5-9(7-12)8-13/h6,9H,3-5,7-8H2,1-2H3. The van der Waals surface area contributed by atoms with E-state index in [1.807, 2.05) is 0 Å². The highest BCUT2D eigenvalue weighted by Crippen LogP contribution is 2.15. The number of aromatic nitrogens is 2. The number of nitrogens with zero attached hydrogens (tertiary/aromatic N) is 2. The Morgan fingerprint density at radius 3 is 2.47 bits per heavy atom. The molecular formula is C11H18Br2N2.